The van der Waals surface area contributed by atoms with Gasteiger partial charge in [0.2, 0.25) is 0 Å². The van der Waals surface area contributed by atoms with E-state index in [0.717, 1.165) is 25.7 Å². The van der Waals surface area contributed by atoms with Crippen LogP contribution in [0.3, 0.4) is 0 Å². The van der Waals surface area contributed by atoms with Crippen LogP contribution in [-0.4, -0.2) is 55.1 Å². The fourth-order valence-electron chi connectivity index (χ4n) is 4.53. The van der Waals surface area contributed by atoms with E-state index < -0.39 is 0 Å². The molecule has 0 aliphatic carbocycles. The smallest absolute Gasteiger partial charge is 0.0396 e. The average Bonchev–Trinajstić information content (AvgIpc) is 2.77. The molecule has 0 N–H and O–H groups in total. The maximum absolute atomic E-state index is 2.74. The molecule has 0 spiro atoms. The lowest BCUT2D eigenvalue weighted by Gasteiger charge is -2.43. The van der Waals surface area contributed by atoms with Gasteiger partial charge in [-0.3, -0.25) is 9.80 Å². The first kappa shape index (κ1) is 20.9. The number of likely N-dealkylation sites (tertiary alicyclic amines) is 1. The summed E-state index contributed by atoms with van der Waals surface area (Å²) in [6.07, 6.45) is 2.63. The Labute approximate surface area is 172 Å². The van der Waals surface area contributed by atoms with Crippen LogP contribution in [0.25, 0.3) is 0 Å². The molecule has 152 valence electrons. The molecule has 2 aromatic rings. The van der Waals surface area contributed by atoms with Crippen LogP contribution in [0.2, 0.25) is 0 Å². The first-order valence-corrected chi connectivity index (χ1v) is 11.1. The van der Waals surface area contributed by atoms with Gasteiger partial charge in [0.1, 0.15) is 0 Å². The predicted octanol–water partition coefficient (Wildman–Crippen LogP) is 4.81. The van der Waals surface area contributed by atoms with E-state index in [1.165, 1.54) is 55.8 Å². The van der Waals surface area contributed by atoms with Crippen LogP contribution in [0.4, 0.5) is 5.69 Å². The van der Waals surface area contributed by atoms with Crippen LogP contribution in [0.1, 0.15) is 37.8 Å². The van der Waals surface area contributed by atoms with Crippen LogP contribution < -0.4 is 4.90 Å². The molecule has 0 bridgehead atoms. The summed E-state index contributed by atoms with van der Waals surface area (Å²) in [5, 5.41) is 0. The second kappa shape index (κ2) is 10.6. The topological polar surface area (TPSA) is 9.72 Å². The molecule has 2 aromatic carbocycles. The third kappa shape index (κ3) is 5.36. The molecule has 0 amide bonds. The third-order valence-corrected chi connectivity index (χ3v) is 6.09. The van der Waals surface area contributed by atoms with Crippen LogP contribution in [0.15, 0.2) is 54.6 Å². The number of piperidine rings is 1. The molecular formula is C25H37N3. The van der Waals surface area contributed by atoms with Crippen molar-refractivity contribution in [1.82, 2.24) is 9.80 Å². The van der Waals surface area contributed by atoms with Crippen molar-refractivity contribution < 1.29 is 0 Å². The quantitative estimate of drug-likeness (QED) is 0.755. The van der Waals surface area contributed by atoms with Gasteiger partial charge in [0.05, 0.1) is 0 Å². The number of aryl methyl sites for hydroxylation is 1. The maximum Gasteiger partial charge on any atom is 0.0396 e. The summed E-state index contributed by atoms with van der Waals surface area (Å²) in [6.45, 7) is 14.5. The Morgan fingerprint density at radius 2 is 1.36 bits per heavy atom. The van der Waals surface area contributed by atoms with Crippen molar-refractivity contribution >= 4 is 5.69 Å². The maximum atomic E-state index is 2.74. The van der Waals surface area contributed by atoms with Crippen LogP contribution in [0, 0.1) is 6.92 Å². The SMILES string of the molecule is CC.Cc1ccccc1N1CCN(C2CCN(Cc3ccccc3)CC2)CC1. The Morgan fingerprint density at radius 3 is 2.00 bits per heavy atom. The molecule has 0 saturated carbocycles. The fourth-order valence-corrected chi connectivity index (χ4v) is 4.53. The van der Waals surface area contributed by atoms with Gasteiger partial charge in [-0.2, -0.15) is 0 Å². The van der Waals surface area contributed by atoms with Crippen LogP contribution >= 0.6 is 0 Å². The standard InChI is InChI=1S/C23H31N3.C2H6/c1-20-7-5-6-10-23(20)26-17-15-25(16-18-26)22-11-13-24(14-12-22)19-21-8-3-2-4-9-21;1-2/h2-10,22H,11-19H2,1H3;1-2H3. The second-order valence-electron chi connectivity index (χ2n) is 7.80. The highest BCUT2D eigenvalue weighted by Crippen LogP contribution is 2.24. The van der Waals surface area contributed by atoms with Gasteiger partial charge in [0.25, 0.3) is 0 Å². The Balaban J connectivity index is 0.00000109. The van der Waals surface area contributed by atoms with Crippen molar-refractivity contribution in [3.63, 3.8) is 0 Å². The van der Waals surface area contributed by atoms with Crippen LogP contribution in [-0.2, 0) is 6.54 Å². The van der Waals surface area contributed by atoms with E-state index in [9.17, 15) is 0 Å². The Hall–Kier alpha value is -1.84. The van der Waals surface area contributed by atoms with Gasteiger partial charge in [0, 0.05) is 44.5 Å². The number of nitrogens with zero attached hydrogens (tertiary/aromatic N) is 3. The molecular weight excluding hydrogens is 342 g/mol. The number of hydrogen-bond donors (Lipinski definition) is 0. The van der Waals surface area contributed by atoms with E-state index >= 15 is 0 Å². The predicted molar refractivity (Wildman–Crippen MR) is 121 cm³/mol. The van der Waals surface area contributed by atoms with Crippen molar-refractivity contribution in [3.8, 4) is 0 Å². The molecule has 3 heteroatoms. The van der Waals surface area contributed by atoms with E-state index in [1.54, 1.807) is 0 Å². The highest BCUT2D eigenvalue weighted by Gasteiger charge is 2.27. The molecule has 28 heavy (non-hydrogen) atoms. The van der Waals surface area contributed by atoms with Crippen molar-refractivity contribution in [2.45, 2.75) is 46.2 Å². The summed E-state index contributed by atoms with van der Waals surface area (Å²) in [7, 11) is 0. The first-order chi connectivity index (χ1) is 13.8. The summed E-state index contributed by atoms with van der Waals surface area (Å²) >= 11 is 0. The van der Waals surface area contributed by atoms with Crippen LogP contribution in [0.5, 0.6) is 0 Å². The van der Waals surface area contributed by atoms with E-state index in [4.69, 9.17) is 0 Å². The number of benzene rings is 2. The van der Waals surface area contributed by atoms with Gasteiger partial charge in [-0.15, -0.1) is 0 Å². The summed E-state index contributed by atoms with van der Waals surface area (Å²) in [5.41, 5.74) is 4.26. The minimum Gasteiger partial charge on any atom is -0.369 e. The van der Waals surface area contributed by atoms with Crippen molar-refractivity contribution in [3.05, 3.63) is 65.7 Å². The van der Waals surface area contributed by atoms with Gasteiger partial charge in [0.15, 0.2) is 0 Å². The van der Waals surface area contributed by atoms with Crippen molar-refractivity contribution in [1.29, 1.82) is 0 Å². The van der Waals surface area contributed by atoms with Gasteiger partial charge >= 0.3 is 0 Å². The Morgan fingerprint density at radius 1 is 0.750 bits per heavy atom. The molecule has 3 nitrogen and oxygen atoms in total. The molecule has 0 aromatic heterocycles. The summed E-state index contributed by atoms with van der Waals surface area (Å²) in [4.78, 5) is 7.93. The fraction of sp³-hybridized carbons (Fsp3) is 0.520. The molecule has 2 saturated heterocycles. The molecule has 0 atom stereocenters. The van der Waals surface area contributed by atoms with Gasteiger partial charge in [-0.25, -0.2) is 0 Å². The van der Waals surface area contributed by atoms with Gasteiger partial charge in [-0.1, -0.05) is 62.4 Å². The number of anilines is 1. The summed E-state index contributed by atoms with van der Waals surface area (Å²) < 4.78 is 0. The number of rotatable bonds is 4. The zero-order valence-electron chi connectivity index (χ0n) is 18.0. The monoisotopic (exact) mass is 379 g/mol. The van der Waals surface area contributed by atoms with Crippen molar-refractivity contribution in [2.75, 3.05) is 44.2 Å². The number of hydrogen-bond acceptors (Lipinski definition) is 3. The van der Waals surface area contributed by atoms with Gasteiger partial charge in [-0.05, 0) is 50.0 Å². The third-order valence-electron chi connectivity index (χ3n) is 6.09. The molecule has 2 fully saturated rings. The van der Waals surface area contributed by atoms with E-state index in [2.05, 4.69) is 76.2 Å². The zero-order valence-corrected chi connectivity index (χ0v) is 18.0. The number of piperazine rings is 1. The van der Waals surface area contributed by atoms with E-state index in [-0.39, 0.29) is 0 Å². The zero-order chi connectivity index (χ0) is 19.8. The Bertz CT molecular complexity index is 684. The number of para-hydroxylation sites is 1. The summed E-state index contributed by atoms with van der Waals surface area (Å²) in [6, 6.07) is 20.5. The first-order valence-electron chi connectivity index (χ1n) is 11.1. The van der Waals surface area contributed by atoms with E-state index in [0.29, 0.717) is 0 Å². The van der Waals surface area contributed by atoms with Gasteiger partial charge < -0.3 is 4.90 Å². The minimum atomic E-state index is 0.779. The lowest BCUT2D eigenvalue weighted by molar-refractivity contribution is 0.0998. The molecule has 2 aliphatic heterocycles. The van der Waals surface area contributed by atoms with E-state index in [1.807, 2.05) is 13.8 Å². The highest BCUT2D eigenvalue weighted by molar-refractivity contribution is 5.53. The lowest BCUT2D eigenvalue weighted by atomic mass is 10.0. The molecule has 4 rings (SSSR count). The molecule has 0 unspecified atom stereocenters. The normalized spacial score (nSPS) is 19.2. The Kier molecular flexibility index (Phi) is 7.93. The van der Waals surface area contributed by atoms with Crippen molar-refractivity contribution in [2.24, 2.45) is 0 Å². The lowest BCUT2D eigenvalue weighted by Crippen LogP contribution is -2.53. The molecule has 2 aliphatic rings. The average molecular weight is 380 g/mol. The molecule has 0 radical (unpaired) electrons. The second-order valence-corrected chi connectivity index (χ2v) is 7.80. The highest BCUT2D eigenvalue weighted by atomic mass is 15.3. The summed E-state index contributed by atoms with van der Waals surface area (Å²) in [5.74, 6) is 0. The largest absolute Gasteiger partial charge is 0.369 e. The molecule has 2 heterocycles. The minimum absolute atomic E-state index is 0.779.